The first-order valence-corrected chi connectivity index (χ1v) is 9.09. The second-order valence-electron chi connectivity index (χ2n) is 6.37. The van der Waals surface area contributed by atoms with Crippen LogP contribution in [0.2, 0.25) is 0 Å². The molecule has 0 atom stereocenters. The molecule has 0 aromatic heterocycles. The monoisotopic (exact) mass is 374 g/mol. The van der Waals surface area contributed by atoms with E-state index in [1.54, 1.807) is 25.3 Å². The lowest BCUT2D eigenvalue weighted by atomic mass is 9.97. The molecule has 7 nitrogen and oxygen atoms in total. The van der Waals surface area contributed by atoms with Gasteiger partial charge in [0.15, 0.2) is 6.61 Å². The van der Waals surface area contributed by atoms with Crippen LogP contribution in [0, 0.1) is 0 Å². The highest BCUT2D eigenvalue weighted by Crippen LogP contribution is 2.19. The molecule has 0 spiro atoms. The third-order valence-electron chi connectivity index (χ3n) is 4.18. The van der Waals surface area contributed by atoms with Crippen molar-refractivity contribution in [3.63, 3.8) is 0 Å². The van der Waals surface area contributed by atoms with Gasteiger partial charge < -0.3 is 14.8 Å². The van der Waals surface area contributed by atoms with E-state index in [9.17, 15) is 14.4 Å². The minimum Gasteiger partial charge on any atom is -0.452 e. The van der Waals surface area contributed by atoms with Crippen LogP contribution in [0.1, 0.15) is 48.0 Å². The van der Waals surface area contributed by atoms with Gasteiger partial charge in [-0.25, -0.2) is 9.59 Å². The van der Waals surface area contributed by atoms with Crippen molar-refractivity contribution < 1.29 is 23.9 Å². The second kappa shape index (κ2) is 11.1. The molecular formula is C20H26N2O5. The molecule has 0 radical (unpaired) electrons. The topological polar surface area (TPSA) is 93.7 Å². The van der Waals surface area contributed by atoms with Crippen LogP contribution >= 0.6 is 0 Å². The summed E-state index contributed by atoms with van der Waals surface area (Å²) in [4.78, 5) is 35.4. The van der Waals surface area contributed by atoms with Crippen molar-refractivity contribution in [1.82, 2.24) is 10.6 Å². The average molecular weight is 374 g/mol. The summed E-state index contributed by atoms with van der Waals surface area (Å²) in [6, 6.07) is 6.16. The van der Waals surface area contributed by atoms with Gasteiger partial charge in [-0.2, -0.15) is 0 Å². The maximum atomic E-state index is 12.0. The van der Waals surface area contributed by atoms with Gasteiger partial charge in [-0.15, -0.1) is 0 Å². The average Bonchev–Trinajstić information content (AvgIpc) is 2.67. The van der Waals surface area contributed by atoms with Crippen LogP contribution in [-0.2, 0) is 20.9 Å². The van der Waals surface area contributed by atoms with Crippen LogP contribution in [0.5, 0.6) is 0 Å². The standard InChI is InChI=1S/C20H26N2O5/c1-26-13-16-8-5-9-17(12-16)19(24)27-14-18(23)22-20(25)21-11-10-15-6-3-2-4-7-15/h5-6,8-9,12H,2-4,7,10-11,13-14H2,1H3,(H2,21,22,23,25). The van der Waals surface area contributed by atoms with Gasteiger partial charge in [-0.05, 0) is 49.8 Å². The number of amides is 3. The molecule has 7 heteroatoms. The van der Waals surface area contributed by atoms with Crippen LogP contribution < -0.4 is 10.6 Å². The zero-order chi connectivity index (χ0) is 19.5. The molecule has 1 aromatic rings. The number of rotatable bonds is 8. The number of ether oxygens (including phenoxy) is 2. The van der Waals surface area contributed by atoms with Crippen molar-refractivity contribution >= 4 is 17.9 Å². The maximum Gasteiger partial charge on any atom is 0.338 e. The molecule has 2 N–H and O–H groups in total. The fraction of sp³-hybridized carbons (Fsp3) is 0.450. The maximum absolute atomic E-state index is 12.0. The summed E-state index contributed by atoms with van der Waals surface area (Å²) in [6.07, 6.45) is 7.59. The van der Waals surface area contributed by atoms with Crippen LogP contribution in [0.3, 0.4) is 0 Å². The van der Waals surface area contributed by atoms with Crippen molar-refractivity contribution in [3.05, 3.63) is 47.0 Å². The predicted molar refractivity (Wildman–Crippen MR) is 100 cm³/mol. The summed E-state index contributed by atoms with van der Waals surface area (Å²) in [5, 5.41) is 4.79. The SMILES string of the molecule is COCc1cccc(C(=O)OCC(=O)NC(=O)NCCC2=CCCCC2)c1. The highest BCUT2D eigenvalue weighted by molar-refractivity contribution is 5.97. The minimum atomic E-state index is -0.675. The molecule has 0 bridgehead atoms. The number of methoxy groups -OCH3 is 1. The van der Waals surface area contributed by atoms with Gasteiger partial charge in [0.1, 0.15) is 0 Å². The molecule has 2 rings (SSSR count). The number of carbonyl (C=O) groups is 3. The highest BCUT2D eigenvalue weighted by Gasteiger charge is 2.13. The molecule has 0 saturated carbocycles. The lowest BCUT2D eigenvalue weighted by molar-refractivity contribution is -0.123. The number of nitrogens with one attached hydrogen (secondary N) is 2. The lowest BCUT2D eigenvalue weighted by Gasteiger charge is -2.13. The molecule has 0 saturated heterocycles. The number of hydrogen-bond acceptors (Lipinski definition) is 5. The van der Waals surface area contributed by atoms with E-state index in [0.29, 0.717) is 18.7 Å². The molecule has 1 aliphatic carbocycles. The molecule has 0 unspecified atom stereocenters. The first kappa shape index (κ1) is 20.6. The fourth-order valence-electron chi connectivity index (χ4n) is 2.84. The Bertz CT molecular complexity index is 699. The zero-order valence-corrected chi connectivity index (χ0v) is 15.6. The summed E-state index contributed by atoms with van der Waals surface area (Å²) in [6.45, 7) is 0.321. The van der Waals surface area contributed by atoms with Gasteiger partial charge in [0.25, 0.3) is 5.91 Å². The summed E-state index contributed by atoms with van der Waals surface area (Å²) >= 11 is 0. The first-order chi connectivity index (χ1) is 13.1. The van der Waals surface area contributed by atoms with Gasteiger partial charge in [-0.1, -0.05) is 23.8 Å². The molecule has 1 aliphatic rings. The zero-order valence-electron chi connectivity index (χ0n) is 15.6. The largest absolute Gasteiger partial charge is 0.452 e. The molecule has 0 fully saturated rings. The summed E-state index contributed by atoms with van der Waals surface area (Å²) in [5.41, 5.74) is 2.49. The Morgan fingerprint density at radius 3 is 2.78 bits per heavy atom. The molecule has 0 aliphatic heterocycles. The van der Waals surface area contributed by atoms with Crippen LogP contribution in [0.25, 0.3) is 0 Å². The Morgan fingerprint density at radius 1 is 1.19 bits per heavy atom. The number of hydrogen-bond donors (Lipinski definition) is 2. The number of urea groups is 1. The third kappa shape index (κ3) is 7.62. The summed E-state index contributed by atoms with van der Waals surface area (Å²) < 4.78 is 9.95. The third-order valence-corrected chi connectivity index (χ3v) is 4.18. The highest BCUT2D eigenvalue weighted by atomic mass is 16.5. The van der Waals surface area contributed by atoms with E-state index in [-0.39, 0.29) is 0 Å². The van der Waals surface area contributed by atoms with Gasteiger partial charge in [0, 0.05) is 13.7 Å². The Labute approximate surface area is 159 Å². The van der Waals surface area contributed by atoms with Crippen molar-refractivity contribution in [2.45, 2.75) is 38.7 Å². The van der Waals surface area contributed by atoms with E-state index in [0.717, 1.165) is 24.8 Å². The minimum absolute atomic E-state index is 0.322. The number of esters is 1. The smallest absolute Gasteiger partial charge is 0.338 e. The molecule has 0 heterocycles. The fourth-order valence-corrected chi connectivity index (χ4v) is 2.84. The number of benzene rings is 1. The van der Waals surface area contributed by atoms with Crippen LogP contribution in [0.4, 0.5) is 4.79 Å². The summed E-state index contributed by atoms with van der Waals surface area (Å²) in [7, 11) is 1.56. The number of allylic oxidation sites excluding steroid dienone is 1. The van der Waals surface area contributed by atoms with Crippen molar-refractivity contribution in [1.29, 1.82) is 0 Å². The van der Waals surface area contributed by atoms with Crippen LogP contribution in [-0.4, -0.2) is 38.2 Å². The second-order valence-corrected chi connectivity index (χ2v) is 6.37. The number of carbonyl (C=O) groups excluding carboxylic acids is 3. The van der Waals surface area contributed by atoms with E-state index in [2.05, 4.69) is 16.7 Å². The normalized spacial score (nSPS) is 13.4. The van der Waals surface area contributed by atoms with Crippen molar-refractivity contribution in [3.8, 4) is 0 Å². The first-order valence-electron chi connectivity index (χ1n) is 9.09. The van der Waals surface area contributed by atoms with E-state index in [1.807, 2.05) is 6.07 Å². The predicted octanol–water partition coefficient (Wildman–Crippen LogP) is 2.71. The van der Waals surface area contributed by atoms with Crippen molar-refractivity contribution in [2.75, 3.05) is 20.3 Å². The van der Waals surface area contributed by atoms with Gasteiger partial charge in [-0.3, -0.25) is 10.1 Å². The molecule has 3 amide bonds. The Kier molecular flexibility index (Phi) is 8.51. The van der Waals surface area contributed by atoms with E-state index in [4.69, 9.17) is 9.47 Å². The Morgan fingerprint density at radius 2 is 2.04 bits per heavy atom. The molecular weight excluding hydrogens is 348 g/mol. The lowest BCUT2D eigenvalue weighted by Crippen LogP contribution is -2.41. The summed E-state index contributed by atoms with van der Waals surface area (Å²) in [5.74, 6) is -1.31. The Balaban J connectivity index is 1.67. The molecule has 1 aromatic carbocycles. The molecule has 146 valence electrons. The van der Waals surface area contributed by atoms with E-state index < -0.39 is 24.5 Å². The quantitative estimate of drug-likeness (QED) is 0.539. The van der Waals surface area contributed by atoms with E-state index in [1.165, 1.54) is 18.4 Å². The van der Waals surface area contributed by atoms with Gasteiger partial charge in [0.2, 0.25) is 0 Å². The van der Waals surface area contributed by atoms with Gasteiger partial charge >= 0.3 is 12.0 Å². The van der Waals surface area contributed by atoms with Crippen molar-refractivity contribution in [2.24, 2.45) is 0 Å². The number of imide groups is 1. The van der Waals surface area contributed by atoms with E-state index >= 15 is 0 Å². The van der Waals surface area contributed by atoms with Gasteiger partial charge in [0.05, 0.1) is 12.2 Å². The van der Waals surface area contributed by atoms with Crippen LogP contribution in [0.15, 0.2) is 35.9 Å². The molecule has 27 heavy (non-hydrogen) atoms. The Hall–Kier alpha value is -2.67.